The van der Waals surface area contributed by atoms with Crippen LogP contribution in [0.25, 0.3) is 22.3 Å². The standard InChI is InChI=1S/C28H30O2/c1-17(2)19-9-5-7-11-21(19)27-25-15-29-13-23(25)24-14-30-16-26(24)28(27)22-12-8-6-10-20(22)18(3)4/h5-12,17-18H,13-16H2,1-4H3. The molecule has 0 saturated carbocycles. The molecule has 2 aliphatic heterocycles. The predicted molar refractivity (Wildman–Crippen MR) is 122 cm³/mol. The van der Waals surface area contributed by atoms with Gasteiger partial charge in [-0.15, -0.1) is 0 Å². The van der Waals surface area contributed by atoms with Gasteiger partial charge in [-0.3, -0.25) is 0 Å². The van der Waals surface area contributed by atoms with E-state index in [1.54, 1.807) is 0 Å². The average Bonchev–Trinajstić information content (AvgIpc) is 3.42. The Labute approximate surface area is 179 Å². The summed E-state index contributed by atoms with van der Waals surface area (Å²) in [5, 5.41) is 0. The lowest BCUT2D eigenvalue weighted by Crippen LogP contribution is -2.05. The van der Waals surface area contributed by atoms with Crippen molar-refractivity contribution in [1.29, 1.82) is 0 Å². The molecule has 2 heteroatoms. The molecule has 0 saturated heterocycles. The lowest BCUT2D eigenvalue weighted by Gasteiger charge is -2.24. The summed E-state index contributed by atoms with van der Waals surface area (Å²) in [7, 11) is 0. The van der Waals surface area contributed by atoms with Crippen LogP contribution in [-0.4, -0.2) is 0 Å². The molecule has 30 heavy (non-hydrogen) atoms. The van der Waals surface area contributed by atoms with Gasteiger partial charge in [0.25, 0.3) is 0 Å². The Hall–Kier alpha value is -2.42. The summed E-state index contributed by atoms with van der Waals surface area (Å²) in [6, 6.07) is 17.8. The van der Waals surface area contributed by atoms with Crippen LogP contribution in [-0.2, 0) is 35.9 Å². The highest BCUT2D eigenvalue weighted by molar-refractivity contribution is 5.92. The van der Waals surface area contributed by atoms with E-state index in [4.69, 9.17) is 9.47 Å². The highest BCUT2D eigenvalue weighted by Crippen LogP contribution is 2.49. The normalized spacial score (nSPS) is 15.1. The Bertz CT molecular complexity index is 1020. The highest BCUT2D eigenvalue weighted by atomic mass is 16.5. The Morgan fingerprint density at radius 2 is 0.900 bits per heavy atom. The lowest BCUT2D eigenvalue weighted by molar-refractivity contribution is 0.126. The third kappa shape index (κ3) is 3.02. The van der Waals surface area contributed by atoms with Gasteiger partial charge in [0.2, 0.25) is 0 Å². The molecule has 0 fully saturated rings. The summed E-state index contributed by atoms with van der Waals surface area (Å²) < 4.78 is 12.0. The van der Waals surface area contributed by atoms with Gasteiger partial charge in [0.1, 0.15) is 0 Å². The SMILES string of the molecule is CC(C)c1ccccc1-c1c2c(c3c(c1-c1ccccc1C(C)C)COC3)COC2. The largest absolute Gasteiger partial charge is 0.372 e. The highest BCUT2D eigenvalue weighted by Gasteiger charge is 2.32. The lowest BCUT2D eigenvalue weighted by atomic mass is 9.78. The first kappa shape index (κ1) is 19.5. The molecule has 2 aliphatic rings. The van der Waals surface area contributed by atoms with Crippen molar-refractivity contribution in [1.82, 2.24) is 0 Å². The van der Waals surface area contributed by atoms with Crippen molar-refractivity contribution >= 4 is 0 Å². The van der Waals surface area contributed by atoms with Gasteiger partial charge in [-0.1, -0.05) is 76.2 Å². The quantitative estimate of drug-likeness (QED) is 0.458. The van der Waals surface area contributed by atoms with E-state index < -0.39 is 0 Å². The van der Waals surface area contributed by atoms with Gasteiger partial charge in [-0.05, 0) is 67.5 Å². The maximum Gasteiger partial charge on any atom is 0.0731 e. The first-order valence-electron chi connectivity index (χ1n) is 11.1. The topological polar surface area (TPSA) is 18.5 Å². The molecule has 0 atom stereocenters. The van der Waals surface area contributed by atoms with Crippen LogP contribution in [0.3, 0.4) is 0 Å². The fraction of sp³-hybridized carbons (Fsp3) is 0.357. The van der Waals surface area contributed by atoms with Gasteiger partial charge in [0, 0.05) is 0 Å². The number of hydrogen-bond acceptors (Lipinski definition) is 2. The van der Waals surface area contributed by atoms with Crippen molar-refractivity contribution in [3.05, 3.63) is 81.9 Å². The van der Waals surface area contributed by atoms with Crippen molar-refractivity contribution in [2.75, 3.05) is 0 Å². The molecule has 3 aromatic carbocycles. The Balaban J connectivity index is 1.92. The molecule has 0 N–H and O–H groups in total. The summed E-state index contributed by atoms with van der Waals surface area (Å²) in [5.74, 6) is 0.911. The zero-order chi connectivity index (χ0) is 20.8. The minimum absolute atomic E-state index is 0.455. The fourth-order valence-electron chi connectivity index (χ4n) is 5.20. The van der Waals surface area contributed by atoms with Crippen LogP contribution in [0.2, 0.25) is 0 Å². The average molecular weight is 399 g/mol. The maximum absolute atomic E-state index is 6.02. The van der Waals surface area contributed by atoms with Gasteiger partial charge in [-0.2, -0.15) is 0 Å². The van der Waals surface area contributed by atoms with E-state index in [1.807, 2.05) is 0 Å². The second kappa shape index (κ2) is 7.68. The van der Waals surface area contributed by atoms with E-state index in [0.717, 1.165) is 0 Å². The summed E-state index contributed by atoms with van der Waals surface area (Å²) in [6.07, 6.45) is 0. The molecule has 5 rings (SSSR count). The molecular weight excluding hydrogens is 368 g/mol. The molecule has 154 valence electrons. The van der Waals surface area contributed by atoms with Crippen molar-refractivity contribution in [3.8, 4) is 22.3 Å². The van der Waals surface area contributed by atoms with Crippen LogP contribution in [0.4, 0.5) is 0 Å². The molecule has 0 unspecified atom stereocenters. The van der Waals surface area contributed by atoms with Crippen molar-refractivity contribution in [2.45, 2.75) is 66.0 Å². The molecule has 2 heterocycles. The first-order chi connectivity index (χ1) is 14.6. The van der Waals surface area contributed by atoms with Crippen molar-refractivity contribution in [3.63, 3.8) is 0 Å². The second-order valence-corrected chi connectivity index (χ2v) is 9.13. The van der Waals surface area contributed by atoms with E-state index in [2.05, 4.69) is 76.2 Å². The smallest absolute Gasteiger partial charge is 0.0731 e. The molecular formula is C28H30O2. The third-order valence-electron chi connectivity index (χ3n) is 6.64. The number of benzene rings is 3. The van der Waals surface area contributed by atoms with E-state index in [1.165, 1.54) is 55.6 Å². The van der Waals surface area contributed by atoms with Crippen LogP contribution >= 0.6 is 0 Å². The van der Waals surface area contributed by atoms with E-state index in [0.29, 0.717) is 38.3 Å². The van der Waals surface area contributed by atoms with Gasteiger partial charge in [0.05, 0.1) is 26.4 Å². The van der Waals surface area contributed by atoms with E-state index in [-0.39, 0.29) is 0 Å². The summed E-state index contributed by atoms with van der Waals surface area (Å²) >= 11 is 0. The molecule has 0 spiro atoms. The molecule has 2 nitrogen and oxygen atoms in total. The zero-order valence-electron chi connectivity index (χ0n) is 18.4. The fourth-order valence-corrected chi connectivity index (χ4v) is 5.20. The first-order valence-corrected chi connectivity index (χ1v) is 11.1. The van der Waals surface area contributed by atoms with Gasteiger partial charge in [-0.25, -0.2) is 0 Å². The van der Waals surface area contributed by atoms with E-state index >= 15 is 0 Å². The molecule has 0 aliphatic carbocycles. The van der Waals surface area contributed by atoms with Crippen molar-refractivity contribution in [2.24, 2.45) is 0 Å². The Morgan fingerprint density at radius 3 is 1.30 bits per heavy atom. The summed E-state index contributed by atoms with van der Waals surface area (Å²) in [5.41, 5.74) is 13.7. The number of ether oxygens (including phenoxy) is 2. The van der Waals surface area contributed by atoms with Crippen LogP contribution < -0.4 is 0 Å². The monoisotopic (exact) mass is 398 g/mol. The number of hydrogen-bond donors (Lipinski definition) is 0. The van der Waals surface area contributed by atoms with Crippen molar-refractivity contribution < 1.29 is 9.47 Å². The molecule has 0 aromatic heterocycles. The van der Waals surface area contributed by atoms with Crippen LogP contribution in [0, 0.1) is 0 Å². The Kier molecular flexibility index (Phi) is 5.00. The summed E-state index contributed by atoms with van der Waals surface area (Å²) in [6.45, 7) is 11.9. The van der Waals surface area contributed by atoms with Crippen LogP contribution in [0.1, 0.15) is 72.9 Å². The minimum Gasteiger partial charge on any atom is -0.372 e. The second-order valence-electron chi connectivity index (χ2n) is 9.13. The molecule has 0 amide bonds. The maximum atomic E-state index is 6.02. The number of fused-ring (bicyclic) bond motifs is 3. The zero-order valence-corrected chi connectivity index (χ0v) is 18.4. The van der Waals surface area contributed by atoms with Gasteiger partial charge < -0.3 is 9.47 Å². The minimum atomic E-state index is 0.455. The van der Waals surface area contributed by atoms with Crippen LogP contribution in [0.15, 0.2) is 48.5 Å². The van der Waals surface area contributed by atoms with E-state index in [9.17, 15) is 0 Å². The number of rotatable bonds is 4. The van der Waals surface area contributed by atoms with Crippen LogP contribution in [0.5, 0.6) is 0 Å². The molecule has 3 aromatic rings. The third-order valence-corrected chi connectivity index (χ3v) is 6.64. The molecule has 0 radical (unpaired) electrons. The van der Waals surface area contributed by atoms with Gasteiger partial charge in [0.15, 0.2) is 0 Å². The van der Waals surface area contributed by atoms with Gasteiger partial charge >= 0.3 is 0 Å². The summed E-state index contributed by atoms with van der Waals surface area (Å²) in [4.78, 5) is 0. The molecule has 0 bridgehead atoms. The Morgan fingerprint density at radius 1 is 0.533 bits per heavy atom. The predicted octanol–water partition coefficient (Wildman–Crippen LogP) is 7.33.